The van der Waals surface area contributed by atoms with Crippen LogP contribution in [0.15, 0.2) is 59.6 Å². The lowest BCUT2D eigenvalue weighted by Gasteiger charge is -2.34. The summed E-state index contributed by atoms with van der Waals surface area (Å²) in [4.78, 5) is 6.43. The van der Waals surface area contributed by atoms with E-state index in [1.165, 1.54) is 11.1 Å². The average Bonchev–Trinajstić information content (AvgIpc) is 2.60. The van der Waals surface area contributed by atoms with Crippen molar-refractivity contribution in [1.82, 2.24) is 4.90 Å². The van der Waals surface area contributed by atoms with Gasteiger partial charge in [-0.25, -0.2) is 4.99 Å². The Morgan fingerprint density at radius 3 is 2.05 bits per heavy atom. The van der Waals surface area contributed by atoms with Crippen LogP contribution in [0, 0.1) is 0 Å². The number of hydrogen-bond donors (Lipinski definition) is 1. The van der Waals surface area contributed by atoms with E-state index in [2.05, 4.69) is 23.2 Å². The normalized spacial score (nSPS) is 15.4. The Morgan fingerprint density at radius 1 is 0.864 bits per heavy atom. The molecule has 3 rings (SSSR count). The molecule has 1 aliphatic heterocycles. The second-order valence-electron chi connectivity index (χ2n) is 4.45. The first-order valence-electron chi connectivity index (χ1n) is 7.98. The first-order chi connectivity index (χ1) is 10.8. The van der Waals surface area contributed by atoms with Crippen molar-refractivity contribution in [1.29, 1.82) is 0 Å². The van der Waals surface area contributed by atoms with Crippen LogP contribution >= 0.6 is 0 Å². The molecule has 3 heteroatoms. The molecule has 0 saturated carbocycles. The Balaban J connectivity index is 0.000000561. The summed E-state index contributed by atoms with van der Waals surface area (Å²) >= 11 is 0. The van der Waals surface area contributed by atoms with Crippen LogP contribution in [0.4, 0.5) is 5.69 Å². The summed E-state index contributed by atoms with van der Waals surface area (Å²) in [6, 6.07) is 18.7. The largest absolute Gasteiger partial charge is 0.369 e. The van der Waals surface area contributed by atoms with Gasteiger partial charge in [-0.2, -0.15) is 0 Å². The third kappa shape index (κ3) is 3.67. The number of fused-ring (bicyclic) bond motifs is 1. The number of aliphatic imine (C=N–C) groups is 1. The van der Waals surface area contributed by atoms with E-state index in [-0.39, 0.29) is 6.04 Å². The third-order valence-corrected chi connectivity index (χ3v) is 3.33. The van der Waals surface area contributed by atoms with Crippen LogP contribution in [-0.4, -0.2) is 17.9 Å². The summed E-state index contributed by atoms with van der Waals surface area (Å²) in [6.45, 7) is 8.00. The van der Waals surface area contributed by atoms with Crippen LogP contribution in [0.5, 0.6) is 0 Å². The second kappa shape index (κ2) is 8.88. The van der Waals surface area contributed by atoms with E-state index in [1.54, 1.807) is 0 Å². The van der Waals surface area contributed by atoms with Gasteiger partial charge in [-0.05, 0) is 11.6 Å². The zero-order chi connectivity index (χ0) is 16.5. The molecule has 0 saturated heterocycles. The van der Waals surface area contributed by atoms with E-state index in [4.69, 9.17) is 5.73 Å². The van der Waals surface area contributed by atoms with Gasteiger partial charge in [-0.15, -0.1) is 0 Å². The summed E-state index contributed by atoms with van der Waals surface area (Å²) in [5.41, 5.74) is 9.38. The van der Waals surface area contributed by atoms with Gasteiger partial charge < -0.3 is 10.6 Å². The van der Waals surface area contributed by atoms with E-state index in [0.29, 0.717) is 5.96 Å². The van der Waals surface area contributed by atoms with E-state index in [0.717, 1.165) is 5.69 Å². The van der Waals surface area contributed by atoms with Gasteiger partial charge in [0.05, 0.1) is 11.7 Å². The molecule has 0 aromatic heterocycles. The maximum atomic E-state index is 6.00. The highest BCUT2D eigenvalue weighted by atomic mass is 15.3. The molecule has 1 atom stereocenters. The fraction of sp³-hybridized carbons (Fsp3) is 0.316. The average molecular weight is 297 g/mol. The van der Waals surface area contributed by atoms with Gasteiger partial charge in [0.15, 0.2) is 5.96 Å². The van der Waals surface area contributed by atoms with Gasteiger partial charge in [0, 0.05) is 12.6 Å². The molecule has 0 amide bonds. The number of rotatable bonds is 1. The van der Waals surface area contributed by atoms with Crippen molar-refractivity contribution in [2.75, 3.05) is 7.05 Å². The Labute approximate surface area is 134 Å². The summed E-state index contributed by atoms with van der Waals surface area (Å²) < 4.78 is 0. The Morgan fingerprint density at radius 2 is 1.41 bits per heavy atom. The van der Waals surface area contributed by atoms with Crippen molar-refractivity contribution < 1.29 is 0 Å². The SMILES string of the molecule is CC.CC.CN1C(N)=Nc2ccccc2C1c1ccccc1. The molecular weight excluding hydrogens is 270 g/mol. The zero-order valence-corrected chi connectivity index (χ0v) is 14.2. The molecule has 118 valence electrons. The Bertz CT molecular complexity index is 591. The smallest absolute Gasteiger partial charge is 0.197 e. The van der Waals surface area contributed by atoms with Gasteiger partial charge in [0.25, 0.3) is 0 Å². The molecular formula is C19H27N3. The molecule has 1 unspecified atom stereocenters. The first kappa shape index (κ1) is 17.8. The summed E-state index contributed by atoms with van der Waals surface area (Å²) in [5, 5.41) is 0. The molecule has 3 nitrogen and oxygen atoms in total. The van der Waals surface area contributed by atoms with Crippen molar-refractivity contribution in [3.05, 3.63) is 65.7 Å². The molecule has 1 aliphatic rings. The molecule has 0 bridgehead atoms. The number of guanidine groups is 1. The number of benzene rings is 2. The van der Waals surface area contributed by atoms with Gasteiger partial charge in [-0.3, -0.25) is 0 Å². The maximum absolute atomic E-state index is 6.00. The van der Waals surface area contributed by atoms with Gasteiger partial charge in [0.1, 0.15) is 0 Å². The van der Waals surface area contributed by atoms with Crippen LogP contribution in [0.3, 0.4) is 0 Å². The van der Waals surface area contributed by atoms with Gasteiger partial charge in [-0.1, -0.05) is 76.2 Å². The summed E-state index contributed by atoms with van der Waals surface area (Å²) in [6.07, 6.45) is 0. The van der Waals surface area contributed by atoms with E-state index >= 15 is 0 Å². The summed E-state index contributed by atoms with van der Waals surface area (Å²) in [7, 11) is 1.98. The standard InChI is InChI=1S/C15H15N3.2C2H6/c1-18-14(11-7-3-2-4-8-11)12-9-5-6-10-13(12)17-15(18)16;2*1-2/h2-10,14H,1H3,(H2,16,17);2*1-2H3. The zero-order valence-electron chi connectivity index (χ0n) is 14.2. The quantitative estimate of drug-likeness (QED) is 0.827. The molecule has 0 spiro atoms. The predicted octanol–water partition coefficient (Wildman–Crippen LogP) is 4.72. The van der Waals surface area contributed by atoms with Crippen LogP contribution in [-0.2, 0) is 0 Å². The highest BCUT2D eigenvalue weighted by Gasteiger charge is 2.26. The van der Waals surface area contributed by atoms with E-state index in [9.17, 15) is 0 Å². The molecule has 2 aromatic rings. The predicted molar refractivity (Wildman–Crippen MR) is 96.5 cm³/mol. The van der Waals surface area contributed by atoms with Gasteiger partial charge in [0.2, 0.25) is 0 Å². The number of hydrogen-bond acceptors (Lipinski definition) is 3. The monoisotopic (exact) mass is 297 g/mol. The molecule has 0 fully saturated rings. The lowest BCUT2D eigenvalue weighted by molar-refractivity contribution is 0.416. The molecule has 0 aliphatic carbocycles. The molecule has 22 heavy (non-hydrogen) atoms. The van der Waals surface area contributed by atoms with Crippen molar-refractivity contribution >= 4 is 11.6 Å². The van der Waals surface area contributed by atoms with Crippen molar-refractivity contribution in [2.45, 2.75) is 33.7 Å². The molecule has 1 heterocycles. The summed E-state index contributed by atoms with van der Waals surface area (Å²) in [5.74, 6) is 0.558. The Hall–Kier alpha value is -2.29. The lowest BCUT2D eigenvalue weighted by atomic mass is 9.95. The topological polar surface area (TPSA) is 41.6 Å². The minimum absolute atomic E-state index is 0.139. The first-order valence-corrected chi connectivity index (χ1v) is 7.98. The molecule has 2 aromatic carbocycles. The third-order valence-electron chi connectivity index (χ3n) is 3.33. The van der Waals surface area contributed by atoms with E-state index in [1.807, 2.05) is 76.0 Å². The van der Waals surface area contributed by atoms with Crippen molar-refractivity contribution in [3.8, 4) is 0 Å². The Kier molecular flexibility index (Phi) is 7.17. The fourth-order valence-electron chi connectivity index (χ4n) is 2.40. The highest BCUT2D eigenvalue weighted by molar-refractivity contribution is 5.84. The molecule has 2 N–H and O–H groups in total. The minimum Gasteiger partial charge on any atom is -0.369 e. The van der Waals surface area contributed by atoms with Crippen LogP contribution in [0.2, 0.25) is 0 Å². The lowest BCUT2D eigenvalue weighted by Crippen LogP contribution is -2.39. The van der Waals surface area contributed by atoms with Crippen LogP contribution in [0.1, 0.15) is 44.9 Å². The van der Waals surface area contributed by atoms with Crippen LogP contribution in [0.25, 0.3) is 0 Å². The van der Waals surface area contributed by atoms with Gasteiger partial charge >= 0.3 is 0 Å². The van der Waals surface area contributed by atoms with Crippen LogP contribution < -0.4 is 5.73 Å². The maximum Gasteiger partial charge on any atom is 0.197 e. The van der Waals surface area contributed by atoms with Crippen molar-refractivity contribution in [3.63, 3.8) is 0 Å². The van der Waals surface area contributed by atoms with Crippen molar-refractivity contribution in [2.24, 2.45) is 10.7 Å². The van der Waals surface area contributed by atoms with E-state index < -0.39 is 0 Å². The second-order valence-corrected chi connectivity index (χ2v) is 4.45. The fourth-order valence-corrected chi connectivity index (χ4v) is 2.40. The number of nitrogens with zero attached hydrogens (tertiary/aromatic N) is 2. The highest BCUT2D eigenvalue weighted by Crippen LogP contribution is 2.37. The number of nitrogens with two attached hydrogens (primary N) is 1. The molecule has 0 radical (unpaired) electrons. The minimum atomic E-state index is 0.139. The number of para-hydroxylation sites is 1.